The number of nitrogens with two attached hydrogens (primary N) is 1. The van der Waals surface area contributed by atoms with E-state index in [1.165, 1.54) is 18.9 Å². The number of anilines is 5. The largest absolute Gasteiger partial charge is 0.733 e. The van der Waals surface area contributed by atoms with Gasteiger partial charge in [0.05, 0.1) is 28.6 Å². The molecule has 3 aromatic rings. The number of carbonyl (C=O) groups is 1. The van der Waals surface area contributed by atoms with Gasteiger partial charge in [0, 0.05) is 49.9 Å². The molecule has 4 heterocycles. The number of halogens is 2. The third kappa shape index (κ3) is 7.58. The number of aromatic nitrogens is 2. The molecule has 2 aliphatic rings. The highest BCUT2D eigenvalue weighted by Gasteiger charge is 2.27. The van der Waals surface area contributed by atoms with Crippen molar-refractivity contribution >= 4 is 57.9 Å². The second-order valence-electron chi connectivity index (χ2n) is 10.8. The monoisotopic (exact) mass is 628 g/mol. The molecule has 0 radical (unpaired) electrons. The number of carbonyl (C=O) groups excluding carboxylic acids is 1. The Morgan fingerprint density at radius 1 is 1.05 bits per heavy atom. The standard InChI is InChI=1S/C29H36Cl2N9O3/c1-36-14-17-39(27(41)19-36)23-7-9-26(35-28(23)21-5-4-20(30)18-22(21)31)38(16-15-37-11-2-3-12-37)13-10-33-25-8-6-24(40(42)43)29(32)34-25/h4-9,18,42H,2-3,10-17,19H2,1H3,(H3,32,33,34)/q-1. The maximum absolute atomic E-state index is 13.1. The molecule has 4 N–H and O–H groups in total. The topological polar surface area (TPSA) is 140 Å². The van der Waals surface area contributed by atoms with Crippen molar-refractivity contribution in [1.82, 2.24) is 19.8 Å². The number of nitrogens with zero attached hydrogens (tertiary/aromatic N) is 7. The van der Waals surface area contributed by atoms with E-state index in [9.17, 15) is 10.0 Å². The van der Waals surface area contributed by atoms with Crippen LogP contribution in [0.25, 0.3) is 11.3 Å². The van der Waals surface area contributed by atoms with Gasteiger partial charge >= 0.3 is 0 Å². The Bertz CT molecular complexity index is 1440. The lowest BCUT2D eigenvalue weighted by molar-refractivity contribution is -0.120. The molecule has 2 aliphatic heterocycles. The minimum absolute atomic E-state index is 0.00353. The fourth-order valence-electron chi connectivity index (χ4n) is 5.42. The van der Waals surface area contributed by atoms with Crippen LogP contribution in [-0.4, -0.2) is 96.8 Å². The smallest absolute Gasteiger partial charge is 0.241 e. The summed E-state index contributed by atoms with van der Waals surface area (Å²) in [6.07, 6.45) is 2.40. The predicted molar refractivity (Wildman–Crippen MR) is 172 cm³/mol. The molecule has 43 heavy (non-hydrogen) atoms. The Labute approximate surface area is 261 Å². The molecule has 2 fully saturated rings. The average molecular weight is 630 g/mol. The van der Waals surface area contributed by atoms with Crippen molar-refractivity contribution < 1.29 is 10.0 Å². The fourth-order valence-corrected chi connectivity index (χ4v) is 5.91. The molecule has 0 unspecified atom stereocenters. The first kappa shape index (κ1) is 31.0. The molecule has 230 valence electrons. The third-order valence-corrected chi connectivity index (χ3v) is 8.30. The summed E-state index contributed by atoms with van der Waals surface area (Å²) in [4.78, 5) is 30.8. The summed E-state index contributed by atoms with van der Waals surface area (Å²) in [7, 11) is 1.93. The first-order valence-corrected chi connectivity index (χ1v) is 15.0. The van der Waals surface area contributed by atoms with Gasteiger partial charge in [-0.05, 0) is 75.4 Å². The molecule has 14 heteroatoms. The first-order chi connectivity index (χ1) is 20.7. The maximum atomic E-state index is 13.1. The Balaban J connectivity index is 1.44. The number of nitrogen functional groups attached to an aromatic ring is 1. The van der Waals surface area contributed by atoms with Crippen molar-refractivity contribution in [3.63, 3.8) is 0 Å². The van der Waals surface area contributed by atoms with Crippen LogP contribution in [0.15, 0.2) is 42.5 Å². The second kappa shape index (κ2) is 13.9. The van der Waals surface area contributed by atoms with E-state index in [1.54, 1.807) is 23.1 Å². The van der Waals surface area contributed by atoms with Gasteiger partial charge in [0.15, 0.2) is 5.82 Å². The number of likely N-dealkylation sites (tertiary alicyclic amines) is 1. The number of benzene rings is 1. The van der Waals surface area contributed by atoms with Crippen LogP contribution < -0.4 is 26.1 Å². The van der Waals surface area contributed by atoms with Crippen molar-refractivity contribution in [2.24, 2.45) is 0 Å². The van der Waals surface area contributed by atoms with Gasteiger partial charge in [0.1, 0.15) is 11.6 Å². The molecule has 1 amide bonds. The molecule has 1 aromatic carbocycles. The first-order valence-electron chi connectivity index (χ1n) is 14.3. The molecule has 0 atom stereocenters. The summed E-state index contributed by atoms with van der Waals surface area (Å²) < 4.78 is 0. The molecule has 5 rings (SSSR count). The minimum Gasteiger partial charge on any atom is -0.733 e. The Morgan fingerprint density at radius 2 is 1.84 bits per heavy atom. The number of amides is 1. The van der Waals surface area contributed by atoms with E-state index in [-0.39, 0.29) is 22.6 Å². The summed E-state index contributed by atoms with van der Waals surface area (Å²) in [6.45, 7) is 6.48. The fraction of sp³-hybridized carbons (Fsp3) is 0.414. The molecule has 2 aromatic heterocycles. The summed E-state index contributed by atoms with van der Waals surface area (Å²) >= 11 is 12.9. The van der Waals surface area contributed by atoms with E-state index in [0.29, 0.717) is 59.0 Å². The quantitative estimate of drug-likeness (QED) is 0.265. The van der Waals surface area contributed by atoms with Crippen molar-refractivity contribution in [1.29, 1.82) is 0 Å². The van der Waals surface area contributed by atoms with Gasteiger partial charge < -0.3 is 36.2 Å². The lowest BCUT2D eigenvalue weighted by Crippen LogP contribution is -2.49. The number of rotatable bonds is 11. The molecule has 12 nitrogen and oxygen atoms in total. The van der Waals surface area contributed by atoms with E-state index >= 15 is 0 Å². The van der Waals surface area contributed by atoms with Crippen molar-refractivity contribution in [3.8, 4) is 11.3 Å². The maximum Gasteiger partial charge on any atom is 0.241 e. The van der Waals surface area contributed by atoms with Gasteiger partial charge in [0.25, 0.3) is 0 Å². The van der Waals surface area contributed by atoms with Gasteiger partial charge in [-0.3, -0.25) is 14.9 Å². The number of hydrogen-bond donors (Lipinski definition) is 3. The van der Waals surface area contributed by atoms with Gasteiger partial charge in [-0.1, -0.05) is 23.2 Å². The van der Waals surface area contributed by atoms with Crippen LogP contribution in [0.5, 0.6) is 0 Å². The number of nitrogens with one attached hydrogen (secondary N) is 1. The lowest BCUT2D eigenvalue weighted by atomic mass is 10.1. The van der Waals surface area contributed by atoms with Crippen LogP contribution in [0, 0.1) is 5.21 Å². The van der Waals surface area contributed by atoms with Crippen LogP contribution in [0.4, 0.5) is 28.8 Å². The van der Waals surface area contributed by atoms with Crippen molar-refractivity contribution in [2.45, 2.75) is 12.8 Å². The van der Waals surface area contributed by atoms with Gasteiger partial charge in [-0.25, -0.2) is 9.97 Å². The van der Waals surface area contributed by atoms with Gasteiger partial charge in [-0.2, -0.15) is 0 Å². The molecular formula is C29H36Cl2N9O3-. The van der Waals surface area contributed by atoms with Gasteiger partial charge in [0.2, 0.25) is 5.91 Å². The number of pyridine rings is 2. The molecule has 0 spiro atoms. The van der Waals surface area contributed by atoms with Gasteiger partial charge in [-0.15, -0.1) is 0 Å². The molecule has 0 aliphatic carbocycles. The summed E-state index contributed by atoms with van der Waals surface area (Å²) in [5.41, 5.74) is 7.73. The highest BCUT2D eigenvalue weighted by Crippen LogP contribution is 2.37. The summed E-state index contributed by atoms with van der Waals surface area (Å²) in [5.74, 6) is 1.16. The van der Waals surface area contributed by atoms with Crippen LogP contribution in [-0.2, 0) is 4.79 Å². The molecule has 0 bridgehead atoms. The zero-order valence-electron chi connectivity index (χ0n) is 24.0. The molecular weight excluding hydrogens is 593 g/mol. The zero-order valence-corrected chi connectivity index (χ0v) is 25.6. The number of hydrogen-bond acceptors (Lipinski definition) is 11. The average Bonchev–Trinajstić information content (AvgIpc) is 3.49. The molecule has 2 saturated heterocycles. The van der Waals surface area contributed by atoms with E-state index < -0.39 is 0 Å². The Morgan fingerprint density at radius 3 is 2.53 bits per heavy atom. The number of piperazine rings is 1. The van der Waals surface area contributed by atoms with E-state index in [4.69, 9.17) is 39.1 Å². The summed E-state index contributed by atoms with van der Waals surface area (Å²) in [6, 6.07) is 12.2. The highest BCUT2D eigenvalue weighted by atomic mass is 35.5. The molecule has 0 saturated carbocycles. The normalized spacial score (nSPS) is 16.1. The predicted octanol–water partition coefficient (Wildman–Crippen LogP) is 4.02. The van der Waals surface area contributed by atoms with E-state index in [1.807, 2.05) is 30.1 Å². The van der Waals surface area contributed by atoms with Crippen LogP contribution in [0.2, 0.25) is 10.0 Å². The summed E-state index contributed by atoms with van der Waals surface area (Å²) in [5, 5.41) is 24.3. The SMILES string of the molecule is CN1CCN(c2ccc(N(CCNc3ccc(N([O-])O)c(N)n3)CCN3CCCC3)nc2-c2ccc(Cl)cc2Cl)C(=O)C1. The van der Waals surface area contributed by atoms with Crippen LogP contribution in [0.3, 0.4) is 0 Å². The van der Waals surface area contributed by atoms with Crippen molar-refractivity contribution in [2.75, 3.05) is 92.0 Å². The van der Waals surface area contributed by atoms with E-state index in [2.05, 4.69) is 20.1 Å². The minimum atomic E-state index is -0.304. The lowest BCUT2D eigenvalue weighted by Gasteiger charge is -2.34. The van der Waals surface area contributed by atoms with Crippen LogP contribution >= 0.6 is 23.2 Å². The Hall–Kier alpha value is -3.39. The third-order valence-electron chi connectivity index (χ3n) is 7.75. The highest BCUT2D eigenvalue weighted by molar-refractivity contribution is 6.36. The van der Waals surface area contributed by atoms with E-state index in [0.717, 1.165) is 38.5 Å². The second-order valence-corrected chi connectivity index (χ2v) is 11.6. The number of likely N-dealkylation sites (N-methyl/N-ethyl adjacent to an activating group) is 1. The Kier molecular flexibility index (Phi) is 10.1. The van der Waals surface area contributed by atoms with Crippen molar-refractivity contribution in [3.05, 3.63) is 57.7 Å². The zero-order chi connectivity index (χ0) is 30.5. The van der Waals surface area contributed by atoms with Crippen LogP contribution in [0.1, 0.15) is 12.8 Å².